The van der Waals surface area contributed by atoms with Gasteiger partial charge in [-0.2, -0.15) is 0 Å². The summed E-state index contributed by atoms with van der Waals surface area (Å²) in [6.45, 7) is 9.44. The quantitative estimate of drug-likeness (QED) is 0.719. The number of carbonyl (C=O) groups excluding carboxylic acids is 2. The van der Waals surface area contributed by atoms with Crippen LogP contribution in [0.1, 0.15) is 58.8 Å². The maximum Gasteiger partial charge on any atom is 0.225 e. The van der Waals surface area contributed by atoms with E-state index in [2.05, 4.69) is 16.7 Å². The van der Waals surface area contributed by atoms with Gasteiger partial charge in [0.2, 0.25) is 11.8 Å². The Kier molecular flexibility index (Phi) is 6.37. The van der Waals surface area contributed by atoms with E-state index in [1.54, 1.807) is 6.92 Å². The molecule has 3 aliphatic rings. The third-order valence-corrected chi connectivity index (χ3v) is 6.53. The van der Waals surface area contributed by atoms with Crippen molar-refractivity contribution in [1.82, 2.24) is 14.7 Å². The number of rotatable bonds is 2. The molecule has 2 aliphatic heterocycles. The first-order valence-electron chi connectivity index (χ1n) is 10.3. The van der Waals surface area contributed by atoms with Crippen LogP contribution in [0.15, 0.2) is 0 Å². The number of amides is 2. The highest BCUT2D eigenvalue weighted by Gasteiger charge is 2.38. The lowest BCUT2D eigenvalue weighted by atomic mass is 9.99. The smallest absolute Gasteiger partial charge is 0.225 e. The van der Waals surface area contributed by atoms with Gasteiger partial charge in [0, 0.05) is 58.2 Å². The summed E-state index contributed by atoms with van der Waals surface area (Å²) in [7, 11) is 0. The highest BCUT2D eigenvalue weighted by Crippen LogP contribution is 2.29. The van der Waals surface area contributed by atoms with E-state index in [9.17, 15) is 9.59 Å². The van der Waals surface area contributed by atoms with E-state index in [1.807, 2.05) is 4.90 Å². The SMILES string of the molecule is CC(=O)N1CCCN(C2CN(C(=O)C3CCCCCC3)CC2C)CC1. The van der Waals surface area contributed by atoms with Crippen LogP contribution in [-0.2, 0) is 9.59 Å². The van der Waals surface area contributed by atoms with Gasteiger partial charge in [0.1, 0.15) is 0 Å². The topological polar surface area (TPSA) is 43.9 Å². The summed E-state index contributed by atoms with van der Waals surface area (Å²) < 4.78 is 0. The molecule has 5 nitrogen and oxygen atoms in total. The van der Waals surface area contributed by atoms with E-state index >= 15 is 0 Å². The zero-order chi connectivity index (χ0) is 17.8. The van der Waals surface area contributed by atoms with Gasteiger partial charge in [-0.1, -0.05) is 32.6 Å². The van der Waals surface area contributed by atoms with E-state index in [0.717, 1.165) is 58.5 Å². The molecule has 2 unspecified atom stereocenters. The minimum absolute atomic E-state index is 0.187. The standard InChI is InChI=1S/C20H35N3O2/c1-16-14-23(20(25)18-8-5-3-4-6-9-18)15-19(16)22-11-7-10-21(12-13-22)17(2)24/h16,18-19H,3-15H2,1-2H3. The van der Waals surface area contributed by atoms with Crippen LogP contribution in [-0.4, -0.2) is 71.8 Å². The number of carbonyl (C=O) groups is 2. The molecule has 25 heavy (non-hydrogen) atoms. The Morgan fingerprint density at radius 1 is 0.800 bits per heavy atom. The molecule has 0 spiro atoms. The van der Waals surface area contributed by atoms with E-state index in [0.29, 0.717) is 17.9 Å². The summed E-state index contributed by atoms with van der Waals surface area (Å²) in [5, 5.41) is 0. The maximum atomic E-state index is 13.0. The summed E-state index contributed by atoms with van der Waals surface area (Å²) >= 11 is 0. The lowest BCUT2D eigenvalue weighted by Gasteiger charge is -2.30. The van der Waals surface area contributed by atoms with Gasteiger partial charge in [-0.3, -0.25) is 14.5 Å². The highest BCUT2D eigenvalue weighted by atomic mass is 16.2. The minimum Gasteiger partial charge on any atom is -0.342 e. The molecule has 3 fully saturated rings. The van der Waals surface area contributed by atoms with Gasteiger partial charge in [0.25, 0.3) is 0 Å². The number of hydrogen-bond acceptors (Lipinski definition) is 3. The average Bonchev–Trinajstić information content (AvgIpc) is 2.82. The van der Waals surface area contributed by atoms with Gasteiger partial charge in [0.05, 0.1) is 0 Å². The zero-order valence-electron chi connectivity index (χ0n) is 16.1. The number of likely N-dealkylation sites (tertiary alicyclic amines) is 1. The molecule has 2 saturated heterocycles. The largest absolute Gasteiger partial charge is 0.342 e. The van der Waals surface area contributed by atoms with E-state index < -0.39 is 0 Å². The van der Waals surface area contributed by atoms with Crippen molar-refractivity contribution in [1.29, 1.82) is 0 Å². The van der Waals surface area contributed by atoms with Crippen molar-refractivity contribution in [2.75, 3.05) is 39.3 Å². The highest BCUT2D eigenvalue weighted by molar-refractivity contribution is 5.79. The molecule has 2 atom stereocenters. The van der Waals surface area contributed by atoms with Crippen LogP contribution in [0.3, 0.4) is 0 Å². The fourth-order valence-corrected chi connectivity index (χ4v) is 4.97. The molecular weight excluding hydrogens is 314 g/mol. The van der Waals surface area contributed by atoms with Gasteiger partial charge in [-0.25, -0.2) is 0 Å². The molecule has 142 valence electrons. The first-order valence-corrected chi connectivity index (χ1v) is 10.3. The predicted molar refractivity (Wildman–Crippen MR) is 99.2 cm³/mol. The van der Waals surface area contributed by atoms with Gasteiger partial charge in [-0.15, -0.1) is 0 Å². The summed E-state index contributed by atoms with van der Waals surface area (Å²) in [6, 6.07) is 0.460. The average molecular weight is 350 g/mol. The summed E-state index contributed by atoms with van der Waals surface area (Å²) in [5.41, 5.74) is 0. The minimum atomic E-state index is 0.187. The lowest BCUT2D eigenvalue weighted by molar-refractivity contribution is -0.135. The second-order valence-corrected chi connectivity index (χ2v) is 8.37. The van der Waals surface area contributed by atoms with Crippen molar-refractivity contribution in [3.63, 3.8) is 0 Å². The Morgan fingerprint density at radius 3 is 2.20 bits per heavy atom. The monoisotopic (exact) mass is 349 g/mol. The molecule has 1 saturated carbocycles. The van der Waals surface area contributed by atoms with Crippen LogP contribution in [0.5, 0.6) is 0 Å². The Labute approximate surface area is 152 Å². The molecule has 0 aromatic carbocycles. The zero-order valence-corrected chi connectivity index (χ0v) is 16.1. The Bertz CT molecular complexity index is 474. The molecular formula is C20H35N3O2. The van der Waals surface area contributed by atoms with Crippen molar-refractivity contribution in [3.8, 4) is 0 Å². The third-order valence-electron chi connectivity index (χ3n) is 6.53. The van der Waals surface area contributed by atoms with Crippen LogP contribution in [0.2, 0.25) is 0 Å². The number of hydrogen-bond donors (Lipinski definition) is 0. The van der Waals surface area contributed by atoms with Crippen LogP contribution < -0.4 is 0 Å². The molecule has 3 rings (SSSR count). The molecule has 5 heteroatoms. The van der Waals surface area contributed by atoms with Crippen LogP contribution in [0.25, 0.3) is 0 Å². The van der Waals surface area contributed by atoms with Gasteiger partial charge in [0.15, 0.2) is 0 Å². The van der Waals surface area contributed by atoms with Crippen molar-refractivity contribution < 1.29 is 9.59 Å². The van der Waals surface area contributed by atoms with Crippen LogP contribution >= 0.6 is 0 Å². The fourth-order valence-electron chi connectivity index (χ4n) is 4.97. The molecule has 2 amide bonds. The van der Waals surface area contributed by atoms with E-state index in [-0.39, 0.29) is 11.8 Å². The lowest BCUT2D eigenvalue weighted by Crippen LogP contribution is -2.43. The van der Waals surface area contributed by atoms with Crippen LogP contribution in [0, 0.1) is 11.8 Å². The summed E-state index contributed by atoms with van der Waals surface area (Å²) in [5.74, 6) is 1.40. The molecule has 2 heterocycles. The Hall–Kier alpha value is -1.10. The molecule has 0 aromatic heterocycles. The molecule has 0 N–H and O–H groups in total. The van der Waals surface area contributed by atoms with Gasteiger partial charge >= 0.3 is 0 Å². The number of nitrogens with zero attached hydrogens (tertiary/aromatic N) is 3. The first kappa shape index (κ1) is 18.7. The molecule has 0 radical (unpaired) electrons. The van der Waals surface area contributed by atoms with E-state index in [4.69, 9.17) is 0 Å². The van der Waals surface area contributed by atoms with Crippen LogP contribution in [0.4, 0.5) is 0 Å². The molecule has 0 aromatic rings. The summed E-state index contributed by atoms with van der Waals surface area (Å²) in [6.07, 6.45) is 8.25. The normalized spacial score (nSPS) is 30.2. The molecule has 0 bridgehead atoms. The van der Waals surface area contributed by atoms with Crippen molar-refractivity contribution >= 4 is 11.8 Å². The second-order valence-electron chi connectivity index (χ2n) is 8.37. The summed E-state index contributed by atoms with van der Waals surface area (Å²) in [4.78, 5) is 31.3. The Balaban J connectivity index is 1.57. The van der Waals surface area contributed by atoms with Gasteiger partial charge < -0.3 is 9.80 Å². The fraction of sp³-hybridized carbons (Fsp3) is 0.900. The molecule has 1 aliphatic carbocycles. The third kappa shape index (κ3) is 4.55. The van der Waals surface area contributed by atoms with Crippen molar-refractivity contribution in [3.05, 3.63) is 0 Å². The Morgan fingerprint density at radius 2 is 1.52 bits per heavy atom. The van der Waals surface area contributed by atoms with Crippen molar-refractivity contribution in [2.45, 2.75) is 64.8 Å². The first-order chi connectivity index (χ1) is 12.1. The predicted octanol–water partition coefficient (Wildman–Crippen LogP) is 2.36. The second kappa shape index (κ2) is 8.52. The van der Waals surface area contributed by atoms with E-state index in [1.165, 1.54) is 25.7 Å². The maximum absolute atomic E-state index is 13.0. The van der Waals surface area contributed by atoms with Gasteiger partial charge in [-0.05, 0) is 25.2 Å². The van der Waals surface area contributed by atoms with Crippen molar-refractivity contribution in [2.24, 2.45) is 11.8 Å².